The first kappa shape index (κ1) is 12.6. The van der Waals surface area contributed by atoms with Crippen LogP contribution >= 0.6 is 11.8 Å². The summed E-state index contributed by atoms with van der Waals surface area (Å²) >= 11 is 1.41. The van der Waals surface area contributed by atoms with Crippen LogP contribution in [0.3, 0.4) is 0 Å². The van der Waals surface area contributed by atoms with E-state index in [-0.39, 0.29) is 10.8 Å². The van der Waals surface area contributed by atoms with Crippen molar-refractivity contribution in [2.75, 3.05) is 0 Å². The molecular weight excluding hydrogens is 284 g/mol. The molecule has 0 fully saturated rings. The maximum Gasteiger partial charge on any atom is 0.328 e. The summed E-state index contributed by atoms with van der Waals surface area (Å²) in [6.07, 6.45) is -0.750. The smallest absolute Gasteiger partial charge is 0.328 e. The molecule has 0 amide bonds. The molecule has 21 heavy (non-hydrogen) atoms. The lowest BCUT2D eigenvalue weighted by atomic mass is 10.1. The van der Waals surface area contributed by atoms with Crippen LogP contribution in [-0.2, 0) is 0 Å². The highest BCUT2D eigenvalue weighted by molar-refractivity contribution is 7.99. The van der Waals surface area contributed by atoms with Crippen LogP contribution in [0.5, 0.6) is 0 Å². The summed E-state index contributed by atoms with van der Waals surface area (Å²) in [5.41, 5.74) is 2.43. The second kappa shape index (κ2) is 4.72. The van der Waals surface area contributed by atoms with Gasteiger partial charge in [-0.05, 0) is 23.4 Å². The van der Waals surface area contributed by atoms with Gasteiger partial charge in [0.15, 0.2) is 0 Å². The van der Waals surface area contributed by atoms with E-state index >= 15 is 0 Å². The van der Waals surface area contributed by atoms with Crippen LogP contribution in [0.1, 0.15) is 17.0 Å². The minimum absolute atomic E-state index is 0.156. The first-order valence-electron chi connectivity index (χ1n) is 6.72. The molecule has 4 rings (SSSR count). The van der Waals surface area contributed by atoms with Gasteiger partial charge < -0.3 is 10.1 Å². The molecule has 0 radical (unpaired) electrons. The third-order valence-electron chi connectivity index (χ3n) is 3.73. The summed E-state index contributed by atoms with van der Waals surface area (Å²) in [6.45, 7) is 0. The molecule has 1 aliphatic heterocycles. The van der Waals surface area contributed by atoms with Crippen molar-refractivity contribution < 1.29 is 9.67 Å². The van der Waals surface area contributed by atoms with E-state index in [1.54, 1.807) is 4.57 Å². The van der Waals surface area contributed by atoms with Crippen molar-refractivity contribution in [3.05, 3.63) is 70.5 Å². The largest absolute Gasteiger partial charge is 0.336 e. The van der Waals surface area contributed by atoms with Crippen molar-refractivity contribution in [3.63, 3.8) is 0 Å². The number of hydrogen-bond acceptors (Lipinski definition) is 3. The van der Waals surface area contributed by atoms with Crippen molar-refractivity contribution in [2.45, 2.75) is 16.5 Å². The zero-order chi connectivity index (χ0) is 14.4. The Hall–Kier alpha value is -2.11. The number of nitrogens with zero attached hydrogens (tertiary/aromatic N) is 1. The van der Waals surface area contributed by atoms with E-state index in [0.29, 0.717) is 5.03 Å². The van der Waals surface area contributed by atoms with Gasteiger partial charge in [0.25, 0.3) is 6.23 Å². The summed E-state index contributed by atoms with van der Waals surface area (Å²) < 4.78 is 1.73. The maximum absolute atomic E-state index is 12.2. The van der Waals surface area contributed by atoms with E-state index in [1.807, 2.05) is 54.6 Å². The third-order valence-corrected chi connectivity index (χ3v) is 5.10. The number of fused-ring (bicyclic) bond motifs is 3. The average Bonchev–Trinajstić information content (AvgIpc) is 2.87. The Morgan fingerprint density at radius 1 is 1.05 bits per heavy atom. The Bertz CT molecular complexity index is 876. The van der Waals surface area contributed by atoms with Gasteiger partial charge in [-0.2, -0.15) is 4.57 Å². The molecule has 0 saturated carbocycles. The number of para-hydroxylation sites is 2. The predicted octanol–water partition coefficient (Wildman–Crippen LogP) is 2.15. The second-order valence-electron chi connectivity index (χ2n) is 5.01. The molecule has 0 saturated heterocycles. The minimum Gasteiger partial charge on any atom is -0.336 e. The quantitative estimate of drug-likeness (QED) is 0.677. The number of hydrogen-bond donors (Lipinski definition) is 2. The summed E-state index contributed by atoms with van der Waals surface area (Å²) in [6, 6.07) is 17.3. The molecule has 0 aliphatic carbocycles. The fraction of sp³-hybridized carbons (Fsp3) is 0.125. The topological polar surface area (TPSA) is 57.0 Å². The van der Waals surface area contributed by atoms with Crippen LogP contribution in [-0.4, -0.2) is 10.1 Å². The molecule has 4 nitrogen and oxygen atoms in total. The van der Waals surface area contributed by atoms with Crippen molar-refractivity contribution in [2.24, 2.45) is 0 Å². The van der Waals surface area contributed by atoms with Gasteiger partial charge in [0, 0.05) is 6.07 Å². The Kier molecular flexibility index (Phi) is 2.83. The van der Waals surface area contributed by atoms with Gasteiger partial charge in [0.2, 0.25) is 5.52 Å². The number of nitrogens with one attached hydrogen (secondary N) is 1. The van der Waals surface area contributed by atoms with Crippen LogP contribution in [0.15, 0.2) is 64.4 Å². The lowest BCUT2D eigenvalue weighted by Crippen LogP contribution is -2.43. The normalized spacial score (nSPS) is 20.6. The molecule has 5 heteroatoms. The summed E-state index contributed by atoms with van der Waals surface area (Å²) in [5, 5.41) is 11.1. The fourth-order valence-electron chi connectivity index (χ4n) is 2.76. The van der Waals surface area contributed by atoms with Gasteiger partial charge in [-0.15, -0.1) is 0 Å². The summed E-state index contributed by atoms with van der Waals surface area (Å²) in [4.78, 5) is 15.1. The van der Waals surface area contributed by atoms with E-state index in [0.717, 1.165) is 16.6 Å². The Morgan fingerprint density at radius 3 is 2.57 bits per heavy atom. The van der Waals surface area contributed by atoms with Crippen molar-refractivity contribution >= 4 is 22.8 Å². The van der Waals surface area contributed by atoms with Crippen LogP contribution in [0.2, 0.25) is 0 Å². The molecule has 3 aromatic rings. The number of aliphatic hydroxyl groups excluding tert-OH is 1. The molecule has 0 bridgehead atoms. The monoisotopic (exact) mass is 297 g/mol. The van der Waals surface area contributed by atoms with Gasteiger partial charge in [0.1, 0.15) is 10.8 Å². The Morgan fingerprint density at radius 2 is 1.76 bits per heavy atom. The van der Waals surface area contributed by atoms with Crippen molar-refractivity contribution in [3.8, 4) is 0 Å². The van der Waals surface area contributed by atoms with E-state index in [2.05, 4.69) is 4.98 Å². The molecule has 1 aromatic heterocycles. The average molecular weight is 297 g/mol. The van der Waals surface area contributed by atoms with Gasteiger partial charge in [0.05, 0.1) is 0 Å². The highest BCUT2D eigenvalue weighted by Crippen LogP contribution is 2.43. The summed E-state index contributed by atoms with van der Waals surface area (Å²) in [5.74, 6) is 0. The molecule has 1 aliphatic rings. The van der Waals surface area contributed by atoms with E-state index in [4.69, 9.17) is 0 Å². The zero-order valence-corrected chi connectivity index (χ0v) is 11.9. The Labute approximate surface area is 125 Å². The zero-order valence-electron chi connectivity index (χ0n) is 11.1. The second-order valence-corrected chi connectivity index (χ2v) is 6.14. The number of aliphatic hydroxyl groups is 1. The van der Waals surface area contributed by atoms with Crippen LogP contribution in [0.4, 0.5) is 0 Å². The first-order valence-corrected chi connectivity index (χ1v) is 7.60. The Balaban J connectivity index is 1.93. The predicted molar refractivity (Wildman–Crippen MR) is 81.1 cm³/mol. The molecule has 2 atom stereocenters. The maximum atomic E-state index is 12.2. The molecule has 2 N–H and O–H groups in total. The number of rotatable bonds is 1. The fourth-order valence-corrected chi connectivity index (χ4v) is 4.01. The number of H-pyrrole nitrogens is 1. The van der Waals surface area contributed by atoms with Gasteiger partial charge in [-0.3, -0.25) is 4.79 Å². The standard InChI is InChI=1S/C16H12N2O2S/c19-14-16-18(12-9-5-4-8-11(12)17-14)15(20)13(21-16)10-6-2-1-3-7-10/h1-9,13,15,20H/p+1/t13-,15-/m1/s1. The lowest BCUT2D eigenvalue weighted by Gasteiger charge is -2.09. The number of benzene rings is 2. The van der Waals surface area contributed by atoms with E-state index in [9.17, 15) is 9.90 Å². The first-order chi connectivity index (χ1) is 10.3. The van der Waals surface area contributed by atoms with Crippen molar-refractivity contribution in [1.82, 2.24) is 4.98 Å². The minimum atomic E-state index is -0.750. The van der Waals surface area contributed by atoms with Gasteiger partial charge in [-0.1, -0.05) is 42.5 Å². The molecular formula is C16H13N2O2S+. The van der Waals surface area contributed by atoms with Crippen LogP contribution in [0.25, 0.3) is 11.0 Å². The van der Waals surface area contributed by atoms with Crippen LogP contribution in [0, 0.1) is 0 Å². The number of aromatic nitrogens is 2. The molecule has 2 aromatic carbocycles. The lowest BCUT2D eigenvalue weighted by molar-refractivity contribution is -0.764. The van der Waals surface area contributed by atoms with E-state index in [1.165, 1.54) is 11.8 Å². The van der Waals surface area contributed by atoms with Gasteiger partial charge >= 0.3 is 10.6 Å². The molecule has 2 heterocycles. The molecule has 0 spiro atoms. The van der Waals surface area contributed by atoms with Crippen LogP contribution < -0.4 is 10.1 Å². The molecule has 0 unspecified atom stereocenters. The molecule has 104 valence electrons. The van der Waals surface area contributed by atoms with Crippen molar-refractivity contribution in [1.29, 1.82) is 0 Å². The van der Waals surface area contributed by atoms with E-state index < -0.39 is 6.23 Å². The highest BCUT2D eigenvalue weighted by atomic mass is 32.2. The number of thioether (sulfide) groups is 1. The SMILES string of the molecule is O=c1[nH]c2ccccc2[n+]2c1S[C@H](c1ccccc1)[C@H]2O. The summed E-state index contributed by atoms with van der Waals surface area (Å²) in [7, 11) is 0. The number of aromatic amines is 1. The highest BCUT2D eigenvalue weighted by Gasteiger charge is 2.44. The van der Waals surface area contributed by atoms with Gasteiger partial charge in [-0.25, -0.2) is 0 Å². The third kappa shape index (κ3) is 1.89.